The average molecular weight is 483 g/mol. The van der Waals surface area contributed by atoms with E-state index >= 15 is 0 Å². The van der Waals surface area contributed by atoms with Crippen LogP contribution in [-0.2, 0) is 4.79 Å². The molecule has 1 amide bonds. The van der Waals surface area contributed by atoms with Crippen molar-refractivity contribution in [1.82, 2.24) is 0 Å². The summed E-state index contributed by atoms with van der Waals surface area (Å²) >= 11 is 8.15. The van der Waals surface area contributed by atoms with Crippen LogP contribution >= 0.6 is 34.2 Å². The highest BCUT2D eigenvalue weighted by Crippen LogP contribution is 2.34. The summed E-state index contributed by atoms with van der Waals surface area (Å²) in [4.78, 5) is 12.4. The molecule has 0 atom stereocenters. The van der Waals surface area contributed by atoms with Gasteiger partial charge in [0.15, 0.2) is 11.5 Å². The number of hydrogen-bond acceptors (Lipinski definition) is 4. The van der Waals surface area contributed by atoms with Crippen molar-refractivity contribution >= 4 is 51.9 Å². The van der Waals surface area contributed by atoms with E-state index in [4.69, 9.17) is 21.1 Å². The third-order valence-corrected chi connectivity index (χ3v) is 4.46. The molecular formula is C19H16ClIN2O3. The Morgan fingerprint density at radius 3 is 2.73 bits per heavy atom. The lowest BCUT2D eigenvalue weighted by molar-refractivity contribution is -0.112. The largest absolute Gasteiger partial charge is 0.492 e. The van der Waals surface area contributed by atoms with E-state index in [0.717, 1.165) is 3.57 Å². The highest BCUT2D eigenvalue weighted by atomic mass is 127. The number of ether oxygens (including phenoxy) is 2. The molecule has 0 spiro atoms. The van der Waals surface area contributed by atoms with Gasteiger partial charge in [-0.1, -0.05) is 23.7 Å². The Labute approximate surface area is 170 Å². The second-order valence-electron chi connectivity index (χ2n) is 5.07. The number of nitrogens with zero attached hydrogens (tertiary/aromatic N) is 1. The third kappa shape index (κ3) is 4.90. The number of nitriles is 1. The average Bonchev–Trinajstić information content (AvgIpc) is 2.61. The predicted octanol–water partition coefficient (Wildman–Crippen LogP) is 4.90. The van der Waals surface area contributed by atoms with Gasteiger partial charge in [-0.25, -0.2) is 0 Å². The zero-order chi connectivity index (χ0) is 19.1. The summed E-state index contributed by atoms with van der Waals surface area (Å²) in [6.45, 7) is 2.34. The van der Waals surface area contributed by atoms with Crippen LogP contribution in [0.5, 0.6) is 11.5 Å². The summed E-state index contributed by atoms with van der Waals surface area (Å²) in [6.07, 6.45) is 1.50. The Morgan fingerprint density at radius 1 is 1.38 bits per heavy atom. The number of hydrogen-bond donors (Lipinski definition) is 1. The molecular weight excluding hydrogens is 467 g/mol. The Kier molecular flexibility index (Phi) is 7.30. The molecule has 0 heterocycles. The second-order valence-corrected chi connectivity index (χ2v) is 6.64. The van der Waals surface area contributed by atoms with E-state index < -0.39 is 5.91 Å². The van der Waals surface area contributed by atoms with Gasteiger partial charge in [-0.15, -0.1) is 0 Å². The van der Waals surface area contributed by atoms with Gasteiger partial charge < -0.3 is 14.8 Å². The zero-order valence-electron chi connectivity index (χ0n) is 14.2. The van der Waals surface area contributed by atoms with Gasteiger partial charge in [0, 0.05) is 0 Å². The Hall–Kier alpha value is -2.24. The molecule has 0 radical (unpaired) electrons. The molecule has 0 aliphatic rings. The van der Waals surface area contributed by atoms with E-state index in [1.807, 2.05) is 19.1 Å². The number of rotatable bonds is 6. The molecule has 26 heavy (non-hydrogen) atoms. The molecule has 0 aliphatic carbocycles. The number of nitrogens with one attached hydrogen (secondary N) is 1. The molecule has 0 aromatic heterocycles. The first kappa shape index (κ1) is 20.1. The van der Waals surface area contributed by atoms with Crippen molar-refractivity contribution in [3.8, 4) is 17.6 Å². The van der Waals surface area contributed by atoms with E-state index in [2.05, 4.69) is 27.9 Å². The first-order valence-corrected chi connectivity index (χ1v) is 9.13. The van der Waals surface area contributed by atoms with Gasteiger partial charge in [0.1, 0.15) is 11.6 Å². The van der Waals surface area contributed by atoms with Gasteiger partial charge >= 0.3 is 0 Å². The molecule has 0 aliphatic heterocycles. The van der Waals surface area contributed by atoms with Crippen LogP contribution in [0, 0.1) is 14.9 Å². The summed E-state index contributed by atoms with van der Waals surface area (Å²) in [6, 6.07) is 12.3. The fraction of sp³-hybridized carbons (Fsp3) is 0.158. The number of anilines is 1. The van der Waals surface area contributed by atoms with Crippen LogP contribution in [0.4, 0.5) is 5.69 Å². The van der Waals surface area contributed by atoms with E-state index in [-0.39, 0.29) is 5.57 Å². The Balaban J connectivity index is 2.35. The number of methoxy groups -OCH3 is 1. The molecule has 0 unspecified atom stereocenters. The van der Waals surface area contributed by atoms with Crippen LogP contribution in [0.3, 0.4) is 0 Å². The first-order chi connectivity index (χ1) is 12.5. The number of amides is 1. The number of carbonyl (C=O) groups excluding carboxylic acids is 1. The quantitative estimate of drug-likeness (QED) is 0.361. The molecule has 2 rings (SSSR count). The molecule has 0 fully saturated rings. The van der Waals surface area contributed by atoms with Crippen LogP contribution in [0.1, 0.15) is 12.5 Å². The molecule has 2 aromatic carbocycles. The van der Waals surface area contributed by atoms with E-state index in [0.29, 0.717) is 34.4 Å². The smallest absolute Gasteiger partial charge is 0.266 e. The predicted molar refractivity (Wildman–Crippen MR) is 111 cm³/mol. The lowest BCUT2D eigenvalue weighted by Gasteiger charge is -2.12. The maximum atomic E-state index is 12.4. The summed E-state index contributed by atoms with van der Waals surface area (Å²) < 4.78 is 11.7. The summed E-state index contributed by atoms with van der Waals surface area (Å²) in [5, 5.41) is 12.4. The van der Waals surface area contributed by atoms with Crippen molar-refractivity contribution in [1.29, 1.82) is 5.26 Å². The van der Waals surface area contributed by atoms with Crippen LogP contribution in [-0.4, -0.2) is 19.6 Å². The van der Waals surface area contributed by atoms with Crippen LogP contribution in [0.15, 0.2) is 42.0 Å². The summed E-state index contributed by atoms with van der Waals surface area (Å²) in [5.41, 5.74) is 1.05. The number of para-hydroxylation sites is 1. The Morgan fingerprint density at radius 2 is 2.12 bits per heavy atom. The van der Waals surface area contributed by atoms with Crippen molar-refractivity contribution in [2.75, 3.05) is 19.0 Å². The van der Waals surface area contributed by atoms with Crippen molar-refractivity contribution < 1.29 is 14.3 Å². The minimum Gasteiger partial charge on any atom is -0.492 e. The number of halogens is 2. The first-order valence-electron chi connectivity index (χ1n) is 7.68. The molecule has 0 saturated carbocycles. The van der Waals surface area contributed by atoms with Crippen molar-refractivity contribution in [2.45, 2.75) is 6.92 Å². The summed E-state index contributed by atoms with van der Waals surface area (Å²) in [7, 11) is 1.56. The molecule has 2 aromatic rings. The highest BCUT2D eigenvalue weighted by molar-refractivity contribution is 14.1. The topological polar surface area (TPSA) is 71.3 Å². The van der Waals surface area contributed by atoms with Gasteiger partial charge in [-0.05, 0) is 65.4 Å². The normalized spacial score (nSPS) is 10.8. The van der Waals surface area contributed by atoms with Crippen molar-refractivity contribution in [3.05, 3.63) is 56.1 Å². The van der Waals surface area contributed by atoms with Gasteiger partial charge in [-0.3, -0.25) is 4.79 Å². The lowest BCUT2D eigenvalue weighted by Crippen LogP contribution is -2.13. The molecule has 134 valence electrons. The molecule has 0 bridgehead atoms. The maximum absolute atomic E-state index is 12.4. The molecule has 5 nitrogen and oxygen atoms in total. The van der Waals surface area contributed by atoms with Gasteiger partial charge in [0.2, 0.25) is 0 Å². The summed E-state index contributed by atoms with van der Waals surface area (Å²) in [5.74, 6) is 0.630. The standard InChI is InChI=1S/C19H16ClIN2O3/c1-3-26-17-10-12(9-15(21)18(17)25-2)8-13(11-22)19(24)23-16-7-5-4-6-14(16)20/h4-10H,3H2,1-2H3,(H,23,24)/b13-8+. The minimum absolute atomic E-state index is 0.0478. The lowest BCUT2D eigenvalue weighted by atomic mass is 10.1. The van der Waals surface area contributed by atoms with Gasteiger partial charge in [0.05, 0.1) is 28.0 Å². The highest BCUT2D eigenvalue weighted by Gasteiger charge is 2.14. The maximum Gasteiger partial charge on any atom is 0.266 e. The fourth-order valence-corrected chi connectivity index (χ4v) is 3.23. The van der Waals surface area contributed by atoms with E-state index in [1.165, 1.54) is 6.08 Å². The van der Waals surface area contributed by atoms with Gasteiger partial charge in [0.25, 0.3) is 5.91 Å². The second kappa shape index (κ2) is 9.46. The van der Waals surface area contributed by atoms with Crippen molar-refractivity contribution in [2.24, 2.45) is 0 Å². The fourth-order valence-electron chi connectivity index (χ4n) is 2.20. The van der Waals surface area contributed by atoms with E-state index in [1.54, 1.807) is 37.4 Å². The van der Waals surface area contributed by atoms with Gasteiger partial charge in [-0.2, -0.15) is 5.26 Å². The monoisotopic (exact) mass is 482 g/mol. The third-order valence-electron chi connectivity index (χ3n) is 3.33. The Bertz CT molecular complexity index is 891. The molecule has 1 N–H and O–H groups in total. The van der Waals surface area contributed by atoms with Crippen LogP contribution in [0.25, 0.3) is 6.08 Å². The van der Waals surface area contributed by atoms with Crippen LogP contribution < -0.4 is 14.8 Å². The number of benzene rings is 2. The van der Waals surface area contributed by atoms with Crippen molar-refractivity contribution in [3.63, 3.8) is 0 Å². The molecule has 7 heteroatoms. The van der Waals surface area contributed by atoms with Crippen LogP contribution in [0.2, 0.25) is 5.02 Å². The van der Waals surface area contributed by atoms with E-state index in [9.17, 15) is 10.1 Å². The molecule has 0 saturated heterocycles. The minimum atomic E-state index is -0.538. The zero-order valence-corrected chi connectivity index (χ0v) is 17.1. The SMILES string of the molecule is CCOc1cc(/C=C(\C#N)C(=O)Nc2ccccc2Cl)cc(I)c1OC. The number of carbonyl (C=O) groups is 1.